The Morgan fingerprint density at radius 3 is 2.56 bits per heavy atom. The fourth-order valence-electron chi connectivity index (χ4n) is 3.41. The van der Waals surface area contributed by atoms with Crippen LogP contribution in [-0.4, -0.2) is 33.4 Å². The van der Waals surface area contributed by atoms with Crippen LogP contribution in [0.25, 0.3) is 22.2 Å². The van der Waals surface area contributed by atoms with Gasteiger partial charge in [-0.1, -0.05) is 26.0 Å². The molecule has 2 aromatic heterocycles. The van der Waals surface area contributed by atoms with Gasteiger partial charge in [-0.15, -0.1) is 0 Å². The van der Waals surface area contributed by atoms with Gasteiger partial charge < -0.3 is 9.47 Å². The molecule has 4 rings (SSSR count). The molecule has 0 N–H and O–H groups in total. The molecule has 0 bridgehead atoms. The van der Waals surface area contributed by atoms with E-state index in [2.05, 4.69) is 18.8 Å². The monoisotopic (exact) mass is 337 g/mol. The van der Waals surface area contributed by atoms with Crippen molar-refractivity contribution < 1.29 is 9.18 Å². The van der Waals surface area contributed by atoms with Gasteiger partial charge >= 0.3 is 0 Å². The summed E-state index contributed by atoms with van der Waals surface area (Å²) in [7, 11) is 0. The highest BCUT2D eigenvalue weighted by molar-refractivity contribution is 5.84. The predicted octanol–water partition coefficient (Wildman–Crippen LogP) is 3.71. The first-order valence-electron chi connectivity index (χ1n) is 8.40. The van der Waals surface area contributed by atoms with Gasteiger partial charge in [0.05, 0.1) is 11.0 Å². The van der Waals surface area contributed by atoms with Crippen molar-refractivity contribution in [3.63, 3.8) is 0 Å². The lowest BCUT2D eigenvalue weighted by molar-refractivity contribution is -0.142. The van der Waals surface area contributed by atoms with Crippen LogP contribution < -0.4 is 0 Å². The molecule has 5 heteroatoms. The summed E-state index contributed by atoms with van der Waals surface area (Å²) in [5.74, 6) is -0.131. The third-order valence-electron chi connectivity index (χ3n) is 4.69. The summed E-state index contributed by atoms with van der Waals surface area (Å²) in [6, 6.07) is 10.3. The number of fused-ring (bicyclic) bond motifs is 1. The summed E-state index contributed by atoms with van der Waals surface area (Å²) in [6.07, 6.45) is 3.68. The van der Waals surface area contributed by atoms with Gasteiger partial charge in [0.25, 0.3) is 0 Å². The normalized spacial score (nSPS) is 16.0. The first-order chi connectivity index (χ1) is 11.9. The Labute approximate surface area is 145 Å². The minimum absolute atomic E-state index is 0.129. The van der Waals surface area contributed by atoms with E-state index in [1.807, 2.05) is 27.8 Å². The Hall–Kier alpha value is -2.69. The molecule has 1 aromatic carbocycles. The van der Waals surface area contributed by atoms with E-state index in [4.69, 9.17) is 0 Å². The molecule has 0 spiro atoms. The number of halogens is 1. The zero-order valence-corrected chi connectivity index (χ0v) is 14.4. The smallest absolute Gasteiger partial charge is 0.242 e. The Balaban J connectivity index is 1.61. The van der Waals surface area contributed by atoms with Gasteiger partial charge in [-0.3, -0.25) is 9.78 Å². The van der Waals surface area contributed by atoms with Crippen LogP contribution in [-0.2, 0) is 11.3 Å². The molecule has 0 radical (unpaired) electrons. The van der Waals surface area contributed by atoms with Crippen LogP contribution in [0.15, 0.2) is 48.8 Å². The van der Waals surface area contributed by atoms with E-state index in [0.717, 1.165) is 35.2 Å². The summed E-state index contributed by atoms with van der Waals surface area (Å²) in [6.45, 7) is 6.27. The first-order valence-corrected chi connectivity index (χ1v) is 8.40. The second-order valence-corrected chi connectivity index (χ2v) is 7.49. The van der Waals surface area contributed by atoms with Gasteiger partial charge in [0.2, 0.25) is 5.91 Å². The van der Waals surface area contributed by atoms with Gasteiger partial charge in [-0.05, 0) is 35.2 Å². The number of aromatic nitrogens is 2. The summed E-state index contributed by atoms with van der Waals surface area (Å²) >= 11 is 0. The van der Waals surface area contributed by atoms with Crippen LogP contribution >= 0.6 is 0 Å². The number of rotatable bonds is 3. The molecule has 1 aliphatic heterocycles. The zero-order chi connectivity index (χ0) is 17.6. The van der Waals surface area contributed by atoms with Crippen molar-refractivity contribution in [1.82, 2.24) is 14.5 Å². The molecule has 4 nitrogen and oxygen atoms in total. The van der Waals surface area contributed by atoms with E-state index in [-0.39, 0.29) is 17.1 Å². The van der Waals surface area contributed by atoms with Crippen LogP contribution in [0.2, 0.25) is 0 Å². The summed E-state index contributed by atoms with van der Waals surface area (Å²) < 4.78 is 15.1. The number of carbonyl (C=O) groups excluding carboxylic acids is 1. The minimum Gasteiger partial charge on any atom is -0.340 e. The maximum Gasteiger partial charge on any atom is 0.242 e. The van der Waals surface area contributed by atoms with Crippen LogP contribution in [0.1, 0.15) is 13.8 Å². The lowest BCUT2D eigenvalue weighted by Gasteiger charge is -2.45. The predicted molar refractivity (Wildman–Crippen MR) is 95.5 cm³/mol. The fourth-order valence-corrected chi connectivity index (χ4v) is 3.41. The number of benzene rings is 1. The van der Waals surface area contributed by atoms with Crippen LogP contribution in [0, 0.1) is 11.2 Å². The largest absolute Gasteiger partial charge is 0.340 e. The van der Waals surface area contributed by atoms with Crippen molar-refractivity contribution >= 4 is 16.9 Å². The topological polar surface area (TPSA) is 38.1 Å². The number of nitrogens with zero attached hydrogens (tertiary/aromatic N) is 3. The Morgan fingerprint density at radius 1 is 1.16 bits per heavy atom. The molecule has 3 heterocycles. The Bertz CT molecular complexity index is 935. The van der Waals surface area contributed by atoms with Crippen molar-refractivity contribution in [1.29, 1.82) is 0 Å². The van der Waals surface area contributed by atoms with E-state index in [1.165, 1.54) is 12.1 Å². The van der Waals surface area contributed by atoms with Crippen molar-refractivity contribution in [3.05, 3.63) is 54.6 Å². The van der Waals surface area contributed by atoms with E-state index in [9.17, 15) is 9.18 Å². The van der Waals surface area contributed by atoms with E-state index < -0.39 is 0 Å². The summed E-state index contributed by atoms with van der Waals surface area (Å²) in [4.78, 5) is 18.8. The van der Waals surface area contributed by atoms with E-state index in [0.29, 0.717) is 6.54 Å². The van der Waals surface area contributed by atoms with Gasteiger partial charge in [-0.2, -0.15) is 0 Å². The fraction of sp³-hybridized carbons (Fsp3) is 0.300. The molecular formula is C20H20FN3O. The number of amides is 1. The molecule has 0 unspecified atom stereocenters. The van der Waals surface area contributed by atoms with Crippen molar-refractivity contribution in [2.75, 3.05) is 13.1 Å². The van der Waals surface area contributed by atoms with E-state index >= 15 is 0 Å². The number of hydrogen-bond donors (Lipinski definition) is 0. The SMILES string of the molecule is CC1(C)CN(C(=O)Cn2ccc3ncc(-c4ccc(F)cc4)cc32)C1. The second kappa shape index (κ2) is 5.69. The van der Waals surface area contributed by atoms with Crippen molar-refractivity contribution in [2.24, 2.45) is 5.41 Å². The third-order valence-corrected chi connectivity index (χ3v) is 4.69. The molecule has 128 valence electrons. The molecular weight excluding hydrogens is 317 g/mol. The van der Waals surface area contributed by atoms with Gasteiger partial charge in [0.1, 0.15) is 12.4 Å². The average molecular weight is 337 g/mol. The van der Waals surface area contributed by atoms with Crippen LogP contribution in [0.3, 0.4) is 0 Å². The lowest BCUT2D eigenvalue weighted by Crippen LogP contribution is -2.56. The summed E-state index contributed by atoms with van der Waals surface area (Å²) in [5, 5.41) is 0. The maximum absolute atomic E-state index is 13.1. The zero-order valence-electron chi connectivity index (χ0n) is 14.4. The minimum atomic E-state index is -0.260. The summed E-state index contributed by atoms with van der Waals surface area (Å²) in [5.41, 5.74) is 3.80. The highest BCUT2D eigenvalue weighted by Gasteiger charge is 2.36. The van der Waals surface area contributed by atoms with E-state index in [1.54, 1.807) is 18.3 Å². The molecule has 1 aliphatic rings. The maximum atomic E-state index is 13.1. The lowest BCUT2D eigenvalue weighted by atomic mass is 9.84. The first kappa shape index (κ1) is 15.8. The molecule has 25 heavy (non-hydrogen) atoms. The Morgan fingerprint density at radius 2 is 1.88 bits per heavy atom. The highest BCUT2D eigenvalue weighted by atomic mass is 19.1. The number of carbonyl (C=O) groups is 1. The van der Waals surface area contributed by atoms with Crippen molar-refractivity contribution in [2.45, 2.75) is 20.4 Å². The number of likely N-dealkylation sites (tertiary alicyclic amines) is 1. The van der Waals surface area contributed by atoms with Gasteiger partial charge in [0, 0.05) is 31.0 Å². The van der Waals surface area contributed by atoms with Gasteiger partial charge in [-0.25, -0.2) is 4.39 Å². The van der Waals surface area contributed by atoms with Crippen molar-refractivity contribution in [3.8, 4) is 11.1 Å². The molecule has 1 amide bonds. The number of hydrogen-bond acceptors (Lipinski definition) is 2. The van der Waals surface area contributed by atoms with Gasteiger partial charge in [0.15, 0.2) is 0 Å². The third kappa shape index (κ3) is 3.02. The standard InChI is InChI=1S/C20H20FN3O/c1-20(2)12-24(13-20)19(25)11-23-8-7-17-18(23)9-15(10-22-17)14-3-5-16(21)6-4-14/h3-10H,11-13H2,1-2H3. The molecule has 0 saturated carbocycles. The van der Waals surface area contributed by atoms with Crippen LogP contribution in [0.4, 0.5) is 4.39 Å². The average Bonchev–Trinajstić information content (AvgIpc) is 2.95. The molecule has 0 atom stereocenters. The molecule has 1 fully saturated rings. The molecule has 3 aromatic rings. The Kier molecular flexibility index (Phi) is 3.60. The molecule has 1 saturated heterocycles. The van der Waals surface area contributed by atoms with Crippen LogP contribution in [0.5, 0.6) is 0 Å². The molecule has 0 aliphatic carbocycles. The number of pyridine rings is 1. The highest BCUT2D eigenvalue weighted by Crippen LogP contribution is 2.29. The quantitative estimate of drug-likeness (QED) is 0.731. The second-order valence-electron chi connectivity index (χ2n) is 7.49.